The molecule has 6 nitrogen and oxygen atoms in total. The van der Waals surface area contributed by atoms with Gasteiger partial charge in [0.25, 0.3) is 0 Å². The summed E-state index contributed by atoms with van der Waals surface area (Å²) < 4.78 is 0. The molecule has 0 amide bonds. The largest absolute Gasteiger partial charge is 0.481 e. The molecule has 134 valence electrons. The topological polar surface area (TPSA) is 127 Å². The number of hydrogen-bond acceptors (Lipinski definition) is 6. The molecule has 0 atom stereocenters. The van der Waals surface area contributed by atoms with Crippen LogP contribution in [0.15, 0.2) is 12.7 Å². The molecule has 0 aromatic heterocycles. The zero-order valence-corrected chi connectivity index (χ0v) is 13.2. The van der Waals surface area contributed by atoms with E-state index >= 15 is 0 Å². The van der Waals surface area contributed by atoms with Crippen LogP contribution in [0.4, 0.5) is 0 Å². The Morgan fingerprint density at radius 1 is 1.19 bits per heavy atom. The van der Waals surface area contributed by atoms with Gasteiger partial charge < -0.3 is 21.7 Å². The predicted molar refractivity (Wildman–Crippen MR) is 102 cm³/mol. The summed E-state index contributed by atoms with van der Waals surface area (Å²) in [6.07, 6.45) is 1.07. The number of carboxylic acids is 2. The highest BCUT2D eigenvalue weighted by molar-refractivity contribution is 7.99. The zero-order valence-electron chi connectivity index (χ0n) is 10.7. The number of nitrogens with two attached hydrogens (primary N) is 2. The summed E-state index contributed by atoms with van der Waals surface area (Å²) in [5.74, 6) is 0.601. The molecule has 0 saturated carbocycles. The molecule has 0 aliphatic rings. The zero-order chi connectivity index (χ0) is 14.8. The summed E-state index contributed by atoms with van der Waals surface area (Å²) in [6.45, 7) is 4.27. The quantitative estimate of drug-likeness (QED) is 0.264. The number of carboxylic acid groups (broad SMARTS) is 2. The lowest BCUT2D eigenvalue weighted by Crippen LogP contribution is -2.03. The van der Waals surface area contributed by atoms with Crippen molar-refractivity contribution >= 4 is 48.7 Å². The molecule has 0 saturated heterocycles. The first-order valence-electron chi connectivity index (χ1n) is 5.12. The van der Waals surface area contributed by atoms with Crippen molar-refractivity contribution in [1.82, 2.24) is 0 Å². The molecule has 0 rings (SSSR count). The molecule has 0 fully saturated rings. The van der Waals surface area contributed by atoms with Gasteiger partial charge in [0.15, 0.2) is 0 Å². The first-order valence-corrected chi connectivity index (χ1v) is 6.90. The van der Waals surface area contributed by atoms with Crippen LogP contribution in [-0.2, 0) is 9.59 Å². The minimum atomic E-state index is -0.981. The number of thioether (sulfide) groups is 1. The molecule has 0 aromatic carbocycles. The highest BCUT2D eigenvalue weighted by Gasteiger charge is 1.94. The van der Waals surface area contributed by atoms with Gasteiger partial charge in [-0.1, -0.05) is 21.4 Å². The minimum absolute atomic E-state index is 0. The highest BCUT2D eigenvalue weighted by atomic mass is 35.5. The van der Waals surface area contributed by atoms with E-state index in [1.54, 1.807) is 11.8 Å². The van der Waals surface area contributed by atoms with E-state index in [-0.39, 0.29) is 35.1 Å². The number of hydrogen-bond donors (Lipinski definition) is 5. The molecule has 0 aromatic rings. The van der Waals surface area contributed by atoms with Gasteiger partial charge >= 0.3 is 11.9 Å². The Balaban J connectivity index is -0.0000000305. The van der Waals surface area contributed by atoms with Crippen molar-refractivity contribution in [1.29, 1.82) is 0 Å². The first-order chi connectivity index (χ1) is 8.45. The summed E-state index contributed by atoms with van der Waals surface area (Å²) in [7, 11) is 0. The van der Waals surface area contributed by atoms with E-state index in [1.165, 1.54) is 0 Å². The second kappa shape index (κ2) is 36.7. The second-order valence-corrected chi connectivity index (χ2v) is 4.27. The van der Waals surface area contributed by atoms with Crippen LogP contribution in [0.1, 0.15) is 22.7 Å². The van der Waals surface area contributed by atoms with Crippen molar-refractivity contribution in [3.8, 4) is 0 Å². The van der Waals surface area contributed by atoms with E-state index in [0.717, 1.165) is 17.6 Å². The number of thiol groups is 1. The summed E-state index contributed by atoms with van der Waals surface area (Å²) in [4.78, 5) is 19.2. The maximum Gasteiger partial charge on any atom is 0.327 e. The standard InChI is InChI=1S/C5H11NO2S.C3H4O2.C2H7NS.2CH4.ClH.H2/c6-2-4-9-3-1-5(7)8;1-2-3(4)5;3-1-2-4;;;;/h1-4,6H2,(H,7,8);2H,1H2,(H,4,5);4H,1-3H2;2*1H4;2*1H/i;;;;;;1+1. The number of rotatable bonds is 7. The lowest BCUT2D eigenvalue weighted by molar-refractivity contribution is -0.136. The third-order valence-corrected chi connectivity index (χ3v) is 2.30. The van der Waals surface area contributed by atoms with Gasteiger partial charge in [-0.2, -0.15) is 24.4 Å². The number of halogens is 1. The molecule has 21 heavy (non-hydrogen) atoms. The molecule has 0 unspecified atom stereocenters. The van der Waals surface area contributed by atoms with E-state index in [2.05, 4.69) is 19.2 Å². The molecule has 0 spiro atoms. The Hall–Kier alpha value is -0.410. The fourth-order valence-electron chi connectivity index (χ4n) is 0.345. The fraction of sp³-hybridized carbons (Fsp3) is 0.667. The lowest BCUT2D eigenvalue weighted by atomic mass is 10.5. The van der Waals surface area contributed by atoms with Crippen LogP contribution in [0, 0.1) is 0 Å². The van der Waals surface area contributed by atoms with Crippen molar-refractivity contribution in [2.75, 3.05) is 30.3 Å². The van der Waals surface area contributed by atoms with E-state index in [9.17, 15) is 9.59 Å². The van der Waals surface area contributed by atoms with Gasteiger partial charge in [-0.25, -0.2) is 4.79 Å². The van der Waals surface area contributed by atoms with Gasteiger partial charge in [-0.05, 0) is 0 Å². The van der Waals surface area contributed by atoms with Crippen molar-refractivity contribution < 1.29 is 21.2 Å². The second-order valence-electron chi connectivity index (χ2n) is 2.60. The van der Waals surface area contributed by atoms with Crippen molar-refractivity contribution in [3.63, 3.8) is 0 Å². The fourth-order valence-corrected chi connectivity index (χ4v) is 1.03. The van der Waals surface area contributed by atoms with Crippen LogP contribution in [0.5, 0.6) is 0 Å². The van der Waals surface area contributed by atoms with Gasteiger partial charge in [0.2, 0.25) is 0 Å². The van der Waals surface area contributed by atoms with E-state index < -0.39 is 11.9 Å². The SMILES string of the molecule is C.C.C=CC(=O)O.Cl.NCCS.NCCSCCC(=O)O.[2HH]. The van der Waals surface area contributed by atoms with Crippen molar-refractivity contribution in [2.45, 2.75) is 21.3 Å². The monoisotopic (exact) mass is 369 g/mol. The van der Waals surface area contributed by atoms with Crippen molar-refractivity contribution in [2.24, 2.45) is 11.5 Å². The van der Waals surface area contributed by atoms with Gasteiger partial charge in [0.05, 0.1) is 6.42 Å². The molecule has 0 heterocycles. The maximum atomic E-state index is 9.92. The molecule has 0 bridgehead atoms. The normalized spacial score (nSPS) is 7.00. The van der Waals surface area contributed by atoms with Gasteiger partial charge in [-0.3, -0.25) is 4.79 Å². The minimum Gasteiger partial charge on any atom is -0.481 e. The first kappa shape index (κ1) is 37.1. The lowest BCUT2D eigenvalue weighted by Gasteiger charge is -1.93. The highest BCUT2D eigenvalue weighted by Crippen LogP contribution is 1.99. The summed E-state index contributed by atoms with van der Waals surface area (Å²) in [5, 5.41) is 15.8. The van der Waals surface area contributed by atoms with Gasteiger partial charge in [-0.15, -0.1) is 12.4 Å². The molecule has 0 aliphatic carbocycles. The molecule has 0 aliphatic heterocycles. The van der Waals surface area contributed by atoms with Crippen LogP contribution >= 0.6 is 36.8 Å². The molecular formula is C12H33ClN2O4S2. The summed E-state index contributed by atoms with van der Waals surface area (Å²) in [6, 6.07) is 0. The molecule has 6 N–H and O–H groups in total. The Labute approximate surface area is 146 Å². The van der Waals surface area contributed by atoms with E-state index in [4.69, 9.17) is 21.7 Å². The molecular weight excluding hydrogens is 336 g/mol. The Morgan fingerprint density at radius 3 is 1.76 bits per heavy atom. The smallest absolute Gasteiger partial charge is 0.327 e. The third-order valence-electron chi connectivity index (χ3n) is 1.03. The third kappa shape index (κ3) is 82.1. The molecule has 0 radical (unpaired) electrons. The van der Waals surface area contributed by atoms with E-state index in [1.807, 2.05) is 0 Å². The maximum absolute atomic E-state index is 9.92. The van der Waals surface area contributed by atoms with Gasteiger partial charge in [0.1, 0.15) is 0 Å². The van der Waals surface area contributed by atoms with Gasteiger partial charge in [0, 0.05) is 37.9 Å². The van der Waals surface area contributed by atoms with Crippen LogP contribution < -0.4 is 11.5 Å². The number of aliphatic carboxylic acids is 2. The average molecular weight is 370 g/mol. The van der Waals surface area contributed by atoms with Crippen LogP contribution in [0.25, 0.3) is 0 Å². The summed E-state index contributed by atoms with van der Waals surface area (Å²) in [5.41, 5.74) is 10.1. The Kier molecular flexibility index (Phi) is 64.8. The number of carbonyl (C=O) groups is 2. The van der Waals surface area contributed by atoms with Crippen LogP contribution in [0.2, 0.25) is 0 Å². The molecule has 9 heteroatoms. The Morgan fingerprint density at radius 2 is 1.57 bits per heavy atom. The van der Waals surface area contributed by atoms with Crippen molar-refractivity contribution in [3.05, 3.63) is 12.7 Å². The average Bonchev–Trinajstić information content (AvgIpc) is 2.35. The Bertz CT molecular complexity index is 227. The van der Waals surface area contributed by atoms with E-state index in [0.29, 0.717) is 18.8 Å². The van der Waals surface area contributed by atoms with Crippen LogP contribution in [-0.4, -0.2) is 52.5 Å². The summed E-state index contributed by atoms with van der Waals surface area (Å²) >= 11 is 5.37. The van der Waals surface area contributed by atoms with Crippen LogP contribution in [0.3, 0.4) is 0 Å². The predicted octanol–water partition coefficient (Wildman–Crippen LogP) is 2.22.